The standard InChI is InChI=1S/C30H29FN6O4/c1-30(2,3)28-35-25(19-7-6-13-33-26(19)31)27(36-28)37-29(38)34-17-8-10-18(11-9-17)41-22-12-14-32-21-16-24(40-5)23(39-4)15-20(21)22/h6-16H,1-5H3,(H,35,36)(H2,34,37,38). The zero-order chi connectivity index (χ0) is 29.1. The molecule has 11 heteroatoms. The van der Waals surface area contributed by atoms with Crippen LogP contribution in [0.5, 0.6) is 23.0 Å². The molecule has 0 spiro atoms. The Bertz CT molecular complexity index is 1710. The zero-order valence-electron chi connectivity index (χ0n) is 23.2. The minimum atomic E-state index is -0.671. The summed E-state index contributed by atoms with van der Waals surface area (Å²) in [4.78, 5) is 28.7. The fourth-order valence-electron chi connectivity index (χ4n) is 4.13. The summed E-state index contributed by atoms with van der Waals surface area (Å²) >= 11 is 0. The number of hydrogen-bond acceptors (Lipinski definition) is 7. The van der Waals surface area contributed by atoms with Crippen LogP contribution in [0, 0.1) is 5.95 Å². The van der Waals surface area contributed by atoms with E-state index in [0.717, 1.165) is 5.39 Å². The highest BCUT2D eigenvalue weighted by atomic mass is 19.1. The molecule has 0 saturated heterocycles. The lowest BCUT2D eigenvalue weighted by molar-refractivity contribution is 0.262. The predicted molar refractivity (Wildman–Crippen MR) is 154 cm³/mol. The topological polar surface area (TPSA) is 123 Å². The van der Waals surface area contributed by atoms with Crippen molar-refractivity contribution in [2.45, 2.75) is 26.2 Å². The van der Waals surface area contributed by atoms with Gasteiger partial charge in [-0.05, 0) is 48.5 Å². The number of methoxy groups -OCH3 is 2. The van der Waals surface area contributed by atoms with Gasteiger partial charge in [-0.3, -0.25) is 10.3 Å². The molecule has 0 atom stereocenters. The first-order chi connectivity index (χ1) is 19.7. The van der Waals surface area contributed by atoms with Crippen molar-refractivity contribution in [1.29, 1.82) is 0 Å². The summed E-state index contributed by atoms with van der Waals surface area (Å²) in [6, 6.07) is 14.9. The lowest BCUT2D eigenvalue weighted by Crippen LogP contribution is -2.20. The molecule has 2 aromatic carbocycles. The van der Waals surface area contributed by atoms with Gasteiger partial charge in [-0.15, -0.1) is 0 Å². The van der Waals surface area contributed by atoms with Crippen molar-refractivity contribution in [3.8, 4) is 34.3 Å². The molecule has 0 radical (unpaired) electrons. The van der Waals surface area contributed by atoms with E-state index in [1.807, 2.05) is 26.8 Å². The number of benzene rings is 2. The van der Waals surface area contributed by atoms with Gasteiger partial charge >= 0.3 is 6.03 Å². The second-order valence-corrected chi connectivity index (χ2v) is 10.1. The second kappa shape index (κ2) is 11.1. The average Bonchev–Trinajstić information content (AvgIpc) is 3.37. The molecule has 3 heterocycles. The van der Waals surface area contributed by atoms with E-state index in [1.165, 1.54) is 6.20 Å². The van der Waals surface area contributed by atoms with E-state index >= 15 is 0 Å². The highest BCUT2D eigenvalue weighted by molar-refractivity contribution is 6.01. The number of rotatable bonds is 7. The molecule has 0 aliphatic rings. The first-order valence-corrected chi connectivity index (χ1v) is 12.7. The SMILES string of the molecule is COc1cc2nccc(Oc3ccc(NC(=O)Nc4nc(C(C)(C)C)[nH]c4-c4cccnc4F)cc3)c2cc1OC. The van der Waals surface area contributed by atoms with Crippen LogP contribution >= 0.6 is 0 Å². The van der Waals surface area contributed by atoms with Crippen molar-refractivity contribution >= 4 is 28.4 Å². The van der Waals surface area contributed by atoms with Crippen molar-refractivity contribution in [3.63, 3.8) is 0 Å². The number of carbonyl (C=O) groups is 1. The number of nitrogens with zero attached hydrogens (tertiary/aromatic N) is 3. The Kier molecular flexibility index (Phi) is 7.43. The molecular formula is C30H29FN6O4. The van der Waals surface area contributed by atoms with Crippen LogP contribution < -0.4 is 24.8 Å². The molecule has 0 fully saturated rings. The van der Waals surface area contributed by atoms with Gasteiger partial charge in [0.25, 0.3) is 0 Å². The van der Waals surface area contributed by atoms with Gasteiger partial charge in [0.15, 0.2) is 17.3 Å². The van der Waals surface area contributed by atoms with Crippen molar-refractivity contribution in [1.82, 2.24) is 19.9 Å². The van der Waals surface area contributed by atoms with E-state index in [1.54, 1.807) is 68.9 Å². The number of hydrogen-bond donors (Lipinski definition) is 3. The molecule has 210 valence electrons. The third kappa shape index (κ3) is 5.88. The number of anilines is 2. The minimum Gasteiger partial charge on any atom is -0.493 e. The Morgan fingerprint density at radius 2 is 1.63 bits per heavy atom. The van der Waals surface area contributed by atoms with E-state index in [0.29, 0.717) is 45.7 Å². The van der Waals surface area contributed by atoms with Crippen LogP contribution in [-0.4, -0.2) is 40.2 Å². The number of nitrogens with one attached hydrogen (secondary N) is 3. The molecule has 5 rings (SSSR count). The van der Waals surface area contributed by atoms with Gasteiger partial charge in [-0.1, -0.05) is 20.8 Å². The van der Waals surface area contributed by atoms with Gasteiger partial charge in [-0.25, -0.2) is 14.8 Å². The smallest absolute Gasteiger partial charge is 0.324 e. The zero-order valence-corrected chi connectivity index (χ0v) is 23.2. The predicted octanol–water partition coefficient (Wildman–Crippen LogP) is 6.91. The summed E-state index contributed by atoms with van der Waals surface area (Å²) in [5.74, 6) is 2.37. The Labute approximate surface area is 235 Å². The van der Waals surface area contributed by atoms with E-state index in [2.05, 4.69) is 30.6 Å². The molecule has 0 saturated carbocycles. The maximum absolute atomic E-state index is 14.5. The average molecular weight is 557 g/mol. The van der Waals surface area contributed by atoms with Gasteiger partial charge < -0.3 is 24.5 Å². The molecule has 2 amide bonds. The molecule has 0 unspecified atom stereocenters. The number of fused-ring (bicyclic) bond motifs is 1. The quantitative estimate of drug-likeness (QED) is 0.186. The summed E-state index contributed by atoms with van der Waals surface area (Å²) < 4.78 is 31.4. The van der Waals surface area contributed by atoms with Crippen LogP contribution in [0.4, 0.5) is 20.7 Å². The first kappa shape index (κ1) is 27.4. The monoisotopic (exact) mass is 556 g/mol. The second-order valence-electron chi connectivity index (χ2n) is 10.1. The van der Waals surface area contributed by atoms with Crippen molar-refractivity contribution in [2.75, 3.05) is 24.9 Å². The maximum Gasteiger partial charge on any atom is 0.324 e. The number of carbonyl (C=O) groups excluding carboxylic acids is 1. The molecule has 0 bridgehead atoms. The van der Waals surface area contributed by atoms with Gasteiger partial charge in [0, 0.05) is 34.9 Å². The maximum atomic E-state index is 14.5. The normalized spacial score (nSPS) is 11.3. The van der Waals surface area contributed by atoms with Crippen LogP contribution in [0.1, 0.15) is 26.6 Å². The number of urea groups is 1. The number of pyridine rings is 2. The molecule has 0 aliphatic heterocycles. The summed E-state index contributed by atoms with van der Waals surface area (Å²) in [5, 5.41) is 6.25. The molecular weight excluding hydrogens is 527 g/mol. The number of halogens is 1. The van der Waals surface area contributed by atoms with Crippen LogP contribution in [0.2, 0.25) is 0 Å². The number of imidazole rings is 1. The number of aromatic nitrogens is 4. The Hall–Kier alpha value is -5.19. The highest BCUT2D eigenvalue weighted by Gasteiger charge is 2.24. The van der Waals surface area contributed by atoms with E-state index < -0.39 is 12.0 Å². The Morgan fingerprint density at radius 1 is 0.902 bits per heavy atom. The van der Waals surface area contributed by atoms with E-state index in [-0.39, 0.29) is 16.8 Å². The molecule has 10 nitrogen and oxygen atoms in total. The molecule has 3 N–H and O–H groups in total. The van der Waals surface area contributed by atoms with Crippen molar-refractivity contribution in [2.24, 2.45) is 0 Å². The summed E-state index contributed by atoms with van der Waals surface area (Å²) in [5.41, 5.74) is 1.37. The summed E-state index contributed by atoms with van der Waals surface area (Å²) in [7, 11) is 3.13. The van der Waals surface area contributed by atoms with Crippen molar-refractivity contribution in [3.05, 3.63) is 78.8 Å². The molecule has 3 aromatic heterocycles. The lowest BCUT2D eigenvalue weighted by Gasteiger charge is -2.14. The number of H-pyrrole nitrogens is 1. The van der Waals surface area contributed by atoms with Gasteiger partial charge in [0.2, 0.25) is 5.95 Å². The van der Waals surface area contributed by atoms with Crippen LogP contribution in [0.15, 0.2) is 67.0 Å². The van der Waals surface area contributed by atoms with Crippen LogP contribution in [0.3, 0.4) is 0 Å². The van der Waals surface area contributed by atoms with Gasteiger partial charge in [0.05, 0.1) is 31.0 Å². The van der Waals surface area contributed by atoms with Crippen molar-refractivity contribution < 1.29 is 23.4 Å². The van der Waals surface area contributed by atoms with Gasteiger partial charge in [0.1, 0.15) is 17.3 Å². The summed E-state index contributed by atoms with van der Waals surface area (Å²) in [6.45, 7) is 5.89. The Balaban J connectivity index is 1.32. The van der Waals surface area contributed by atoms with E-state index in [9.17, 15) is 9.18 Å². The molecule has 5 aromatic rings. The lowest BCUT2D eigenvalue weighted by atomic mass is 9.96. The van der Waals surface area contributed by atoms with Gasteiger partial charge in [-0.2, -0.15) is 4.39 Å². The molecule has 41 heavy (non-hydrogen) atoms. The minimum absolute atomic E-state index is 0.191. The largest absolute Gasteiger partial charge is 0.493 e. The summed E-state index contributed by atoms with van der Waals surface area (Å²) in [6.07, 6.45) is 3.01. The third-order valence-corrected chi connectivity index (χ3v) is 6.22. The fraction of sp³-hybridized carbons (Fsp3) is 0.200. The molecule has 0 aliphatic carbocycles. The fourth-order valence-corrected chi connectivity index (χ4v) is 4.13. The number of aromatic amines is 1. The number of amides is 2. The van der Waals surface area contributed by atoms with Crippen LogP contribution in [-0.2, 0) is 5.41 Å². The Morgan fingerprint density at radius 3 is 2.32 bits per heavy atom. The highest BCUT2D eigenvalue weighted by Crippen LogP contribution is 2.37. The first-order valence-electron chi connectivity index (χ1n) is 12.7. The third-order valence-electron chi connectivity index (χ3n) is 6.22. The number of ether oxygens (including phenoxy) is 3. The van der Waals surface area contributed by atoms with E-state index in [4.69, 9.17) is 14.2 Å². The van der Waals surface area contributed by atoms with Crippen LogP contribution in [0.25, 0.3) is 22.2 Å².